The number of carbonyl (C=O) groups excluding carboxylic acids is 1. The second-order valence-corrected chi connectivity index (χ2v) is 8.94. The van der Waals surface area contributed by atoms with Gasteiger partial charge in [-0.25, -0.2) is 8.42 Å². The summed E-state index contributed by atoms with van der Waals surface area (Å²) in [5, 5.41) is 2.14. The number of amides is 1. The Hall–Kier alpha value is -2.36. The summed E-state index contributed by atoms with van der Waals surface area (Å²) in [5.41, 5.74) is -0.347. The molecule has 1 aliphatic heterocycles. The van der Waals surface area contributed by atoms with Crippen LogP contribution in [0.5, 0.6) is 0 Å². The maximum absolute atomic E-state index is 14.3. The molecule has 0 saturated carbocycles. The molecule has 0 bridgehead atoms. The van der Waals surface area contributed by atoms with Crippen LogP contribution in [0.4, 0.5) is 14.5 Å². The molecule has 0 aliphatic carbocycles. The molecule has 1 aliphatic rings. The van der Waals surface area contributed by atoms with Crippen LogP contribution < -0.4 is 5.32 Å². The molecule has 6 nitrogen and oxygen atoms in total. The van der Waals surface area contributed by atoms with Crippen LogP contribution in [0.25, 0.3) is 0 Å². The molecule has 9 heteroatoms. The third-order valence-corrected chi connectivity index (χ3v) is 6.40. The van der Waals surface area contributed by atoms with Crippen molar-refractivity contribution in [3.8, 4) is 0 Å². The minimum Gasteiger partial charge on any atom is -0.373 e. The Labute approximate surface area is 168 Å². The van der Waals surface area contributed by atoms with E-state index < -0.39 is 27.4 Å². The molecule has 3 rings (SSSR count). The van der Waals surface area contributed by atoms with Crippen molar-refractivity contribution in [1.82, 2.24) is 4.31 Å². The molecule has 0 spiro atoms. The highest BCUT2D eigenvalue weighted by atomic mass is 32.2. The van der Waals surface area contributed by atoms with E-state index in [1.807, 2.05) is 0 Å². The minimum absolute atomic E-state index is 0.0200. The van der Waals surface area contributed by atoms with Crippen LogP contribution in [-0.2, 0) is 25.5 Å². The fourth-order valence-corrected chi connectivity index (χ4v) is 4.76. The highest BCUT2D eigenvalue weighted by Crippen LogP contribution is 2.30. The molecule has 29 heavy (non-hydrogen) atoms. The first kappa shape index (κ1) is 21.4. The van der Waals surface area contributed by atoms with E-state index in [-0.39, 0.29) is 35.9 Å². The molecule has 0 aromatic heterocycles. The van der Waals surface area contributed by atoms with Gasteiger partial charge in [0.05, 0.1) is 17.1 Å². The minimum atomic E-state index is -3.75. The second kappa shape index (κ2) is 8.17. The van der Waals surface area contributed by atoms with Crippen LogP contribution in [0.15, 0.2) is 59.5 Å². The zero-order valence-corrected chi connectivity index (χ0v) is 16.8. The standard InChI is InChI=1S/C20H22F2N2O4S/c1-14-12-24(13-15(2)28-14)29(26,27)18-10-8-17(9-11-18)23-19(25)20(21,22)16-6-4-3-5-7-16/h3-11,14-15H,12-13H2,1-2H3,(H,23,25)/t14-,15-/m1/s1. The second-order valence-electron chi connectivity index (χ2n) is 7.00. The fourth-order valence-electron chi connectivity index (χ4n) is 3.17. The lowest BCUT2D eigenvalue weighted by Gasteiger charge is -2.34. The summed E-state index contributed by atoms with van der Waals surface area (Å²) >= 11 is 0. The molecule has 0 radical (unpaired) electrons. The maximum atomic E-state index is 14.3. The monoisotopic (exact) mass is 424 g/mol. The third-order valence-electron chi connectivity index (χ3n) is 4.56. The Morgan fingerprint density at radius 2 is 1.59 bits per heavy atom. The van der Waals surface area contributed by atoms with Crippen LogP contribution in [0.1, 0.15) is 19.4 Å². The topological polar surface area (TPSA) is 75.7 Å². The molecule has 2 aromatic rings. The van der Waals surface area contributed by atoms with Crippen LogP contribution in [-0.4, -0.2) is 43.9 Å². The van der Waals surface area contributed by atoms with Gasteiger partial charge in [0.2, 0.25) is 10.0 Å². The number of hydrogen-bond donors (Lipinski definition) is 1. The number of sulfonamides is 1. The number of carbonyl (C=O) groups is 1. The highest BCUT2D eigenvalue weighted by molar-refractivity contribution is 7.89. The summed E-state index contributed by atoms with van der Waals surface area (Å²) in [6.07, 6.45) is -0.459. The van der Waals surface area contributed by atoms with Gasteiger partial charge in [0.15, 0.2) is 0 Å². The predicted octanol–water partition coefficient (Wildman–Crippen LogP) is 3.22. The van der Waals surface area contributed by atoms with Gasteiger partial charge in [0, 0.05) is 24.3 Å². The Balaban J connectivity index is 1.74. The number of alkyl halides is 2. The molecule has 1 saturated heterocycles. The van der Waals surface area contributed by atoms with Gasteiger partial charge in [-0.2, -0.15) is 13.1 Å². The van der Waals surface area contributed by atoms with Crippen molar-refractivity contribution in [2.24, 2.45) is 0 Å². The van der Waals surface area contributed by atoms with Crippen LogP contribution in [0.3, 0.4) is 0 Å². The van der Waals surface area contributed by atoms with Crippen molar-refractivity contribution in [2.75, 3.05) is 18.4 Å². The Morgan fingerprint density at radius 3 is 2.14 bits per heavy atom. The van der Waals surface area contributed by atoms with E-state index in [0.717, 1.165) is 0 Å². The average Bonchev–Trinajstić information content (AvgIpc) is 2.68. The van der Waals surface area contributed by atoms with Crippen molar-refractivity contribution >= 4 is 21.6 Å². The van der Waals surface area contributed by atoms with Gasteiger partial charge in [-0.3, -0.25) is 4.79 Å². The number of rotatable bonds is 5. The first-order valence-electron chi connectivity index (χ1n) is 9.11. The van der Waals surface area contributed by atoms with Gasteiger partial charge in [-0.05, 0) is 38.1 Å². The summed E-state index contributed by atoms with van der Waals surface area (Å²) in [4.78, 5) is 12.1. The molecular weight excluding hydrogens is 402 g/mol. The molecule has 1 heterocycles. The van der Waals surface area contributed by atoms with E-state index in [4.69, 9.17) is 4.74 Å². The number of benzene rings is 2. The van der Waals surface area contributed by atoms with Gasteiger partial charge in [0.25, 0.3) is 5.91 Å². The van der Waals surface area contributed by atoms with Gasteiger partial charge in [0.1, 0.15) is 0 Å². The highest BCUT2D eigenvalue weighted by Gasteiger charge is 2.40. The average molecular weight is 424 g/mol. The van der Waals surface area contributed by atoms with Gasteiger partial charge in [-0.15, -0.1) is 0 Å². The molecule has 2 atom stereocenters. The molecule has 156 valence electrons. The lowest BCUT2D eigenvalue weighted by atomic mass is 10.1. The third kappa shape index (κ3) is 4.63. The number of nitrogens with one attached hydrogen (secondary N) is 1. The number of morpholine rings is 1. The molecule has 1 amide bonds. The van der Waals surface area contributed by atoms with E-state index in [1.54, 1.807) is 19.9 Å². The number of ether oxygens (including phenoxy) is 1. The fraction of sp³-hybridized carbons (Fsp3) is 0.350. The molecular formula is C20H22F2N2O4S. The quantitative estimate of drug-likeness (QED) is 0.800. The summed E-state index contributed by atoms with van der Waals surface area (Å²) in [6.45, 7) is 4.05. The summed E-state index contributed by atoms with van der Waals surface area (Å²) in [7, 11) is -3.75. The molecule has 1 fully saturated rings. The number of halogens is 2. The van der Waals surface area contributed by atoms with Crippen LogP contribution in [0.2, 0.25) is 0 Å². The van der Waals surface area contributed by atoms with Gasteiger partial charge >= 0.3 is 5.92 Å². The largest absolute Gasteiger partial charge is 0.373 e. The van der Waals surface area contributed by atoms with Crippen molar-refractivity contribution < 1.29 is 26.7 Å². The molecule has 0 unspecified atom stereocenters. The lowest BCUT2D eigenvalue weighted by Crippen LogP contribution is -2.48. The van der Waals surface area contributed by atoms with E-state index in [0.29, 0.717) is 0 Å². The van der Waals surface area contributed by atoms with Gasteiger partial charge < -0.3 is 10.1 Å². The van der Waals surface area contributed by atoms with Gasteiger partial charge in [-0.1, -0.05) is 30.3 Å². The van der Waals surface area contributed by atoms with Crippen molar-refractivity contribution in [1.29, 1.82) is 0 Å². The first-order chi connectivity index (χ1) is 13.6. The first-order valence-corrected chi connectivity index (χ1v) is 10.5. The maximum Gasteiger partial charge on any atom is 0.350 e. The number of nitrogens with zero attached hydrogens (tertiary/aromatic N) is 1. The Bertz CT molecular complexity index is 956. The molecule has 2 aromatic carbocycles. The molecule has 1 N–H and O–H groups in total. The number of hydrogen-bond acceptors (Lipinski definition) is 4. The van der Waals surface area contributed by atoms with Crippen molar-refractivity contribution in [3.63, 3.8) is 0 Å². The smallest absolute Gasteiger partial charge is 0.350 e. The van der Waals surface area contributed by atoms with Crippen molar-refractivity contribution in [3.05, 3.63) is 60.2 Å². The van der Waals surface area contributed by atoms with E-state index in [9.17, 15) is 22.0 Å². The normalized spacial score (nSPS) is 21.0. The SMILES string of the molecule is C[C@@H]1CN(S(=O)(=O)c2ccc(NC(=O)C(F)(F)c3ccccc3)cc2)C[C@@H](C)O1. The van der Waals surface area contributed by atoms with E-state index in [2.05, 4.69) is 5.32 Å². The predicted molar refractivity (Wildman–Crippen MR) is 104 cm³/mol. The number of anilines is 1. The Morgan fingerprint density at radius 1 is 1.03 bits per heavy atom. The summed E-state index contributed by atoms with van der Waals surface area (Å²) < 4.78 is 61.1. The zero-order valence-electron chi connectivity index (χ0n) is 16.0. The van der Waals surface area contributed by atoms with Crippen molar-refractivity contribution in [2.45, 2.75) is 36.9 Å². The van der Waals surface area contributed by atoms with E-state index in [1.165, 1.54) is 52.8 Å². The van der Waals surface area contributed by atoms with Crippen LogP contribution in [0, 0.1) is 0 Å². The van der Waals surface area contributed by atoms with Crippen LogP contribution >= 0.6 is 0 Å². The lowest BCUT2D eigenvalue weighted by molar-refractivity contribution is -0.140. The summed E-state index contributed by atoms with van der Waals surface area (Å²) in [6, 6.07) is 11.9. The van der Waals surface area contributed by atoms with E-state index >= 15 is 0 Å². The zero-order chi connectivity index (χ0) is 21.2. The summed E-state index contributed by atoms with van der Waals surface area (Å²) in [5.74, 6) is -5.21. The Kier molecular flexibility index (Phi) is 6.02.